The van der Waals surface area contributed by atoms with Crippen LogP contribution in [0.4, 0.5) is 0 Å². The average molecular weight is 260 g/mol. The van der Waals surface area contributed by atoms with Gasteiger partial charge in [0.05, 0.1) is 0 Å². The first-order valence-electron chi connectivity index (χ1n) is 7.84. The highest BCUT2D eigenvalue weighted by Gasteiger charge is 2.58. The van der Waals surface area contributed by atoms with Crippen molar-refractivity contribution < 1.29 is 0 Å². The second-order valence-corrected chi connectivity index (χ2v) is 7.58. The van der Waals surface area contributed by atoms with Crippen molar-refractivity contribution in [2.24, 2.45) is 16.7 Å². The summed E-state index contributed by atoms with van der Waals surface area (Å²) in [5.74, 6) is 0.926. The molecular weight excluding hydrogens is 232 g/mol. The van der Waals surface area contributed by atoms with Crippen LogP contribution in [-0.4, -0.2) is 10.6 Å². The predicted molar refractivity (Wildman–Crippen MR) is 80.0 cm³/mol. The second-order valence-electron chi connectivity index (χ2n) is 7.58. The summed E-state index contributed by atoms with van der Waals surface area (Å²) in [5, 5.41) is 3.88. The van der Waals surface area contributed by atoms with Crippen LogP contribution < -0.4 is 5.32 Å². The van der Waals surface area contributed by atoms with Crippen molar-refractivity contribution in [3.8, 4) is 0 Å². The summed E-state index contributed by atoms with van der Waals surface area (Å²) in [6.07, 6.45) is 8.73. The summed E-state index contributed by atoms with van der Waals surface area (Å²) >= 11 is 0. The van der Waals surface area contributed by atoms with Crippen molar-refractivity contribution in [3.05, 3.63) is 24.0 Å². The lowest BCUT2D eigenvalue weighted by Gasteiger charge is -2.43. The molecule has 1 N–H and O–H groups in total. The van der Waals surface area contributed by atoms with Crippen LogP contribution >= 0.6 is 0 Å². The second kappa shape index (κ2) is 4.37. The van der Waals surface area contributed by atoms with Gasteiger partial charge in [-0.2, -0.15) is 0 Å². The third-order valence-corrected chi connectivity index (χ3v) is 5.96. The molecule has 2 nitrogen and oxygen atoms in total. The van der Waals surface area contributed by atoms with Gasteiger partial charge >= 0.3 is 0 Å². The van der Waals surface area contributed by atoms with Gasteiger partial charge < -0.3 is 9.88 Å². The van der Waals surface area contributed by atoms with Crippen LogP contribution in [0, 0.1) is 16.7 Å². The van der Waals surface area contributed by atoms with Crippen molar-refractivity contribution in [1.29, 1.82) is 0 Å². The largest absolute Gasteiger partial charge is 0.354 e. The molecule has 2 heteroatoms. The van der Waals surface area contributed by atoms with Crippen LogP contribution in [0.3, 0.4) is 0 Å². The Morgan fingerprint density at radius 2 is 2.16 bits per heavy atom. The Labute approximate surface area is 117 Å². The minimum absolute atomic E-state index is 0.459. The molecule has 19 heavy (non-hydrogen) atoms. The number of nitrogens with zero attached hydrogens (tertiary/aromatic N) is 1. The topological polar surface area (TPSA) is 17.0 Å². The van der Waals surface area contributed by atoms with E-state index < -0.39 is 0 Å². The molecule has 0 aliphatic heterocycles. The zero-order valence-corrected chi connectivity index (χ0v) is 12.9. The Bertz CT molecular complexity index is 455. The molecule has 2 saturated carbocycles. The Kier molecular flexibility index (Phi) is 3.05. The van der Waals surface area contributed by atoms with Gasteiger partial charge in [0, 0.05) is 31.5 Å². The number of rotatable bonds is 4. The third kappa shape index (κ3) is 2.05. The Hall–Kier alpha value is -0.760. The molecule has 1 aromatic heterocycles. The lowest BCUT2D eigenvalue weighted by molar-refractivity contribution is 0.108. The van der Waals surface area contributed by atoms with Gasteiger partial charge in [-0.3, -0.25) is 0 Å². The summed E-state index contributed by atoms with van der Waals surface area (Å²) in [5.41, 5.74) is 2.41. The first kappa shape index (κ1) is 13.2. The molecule has 0 radical (unpaired) electrons. The van der Waals surface area contributed by atoms with Crippen molar-refractivity contribution in [2.75, 3.05) is 0 Å². The van der Waals surface area contributed by atoms with Gasteiger partial charge in [0.25, 0.3) is 0 Å². The van der Waals surface area contributed by atoms with E-state index in [0.29, 0.717) is 16.9 Å². The number of aromatic nitrogens is 1. The molecule has 106 valence electrons. The van der Waals surface area contributed by atoms with E-state index in [1.165, 1.54) is 24.8 Å². The molecular formula is C17H28N2. The minimum Gasteiger partial charge on any atom is -0.354 e. The van der Waals surface area contributed by atoms with Crippen LogP contribution in [0.1, 0.15) is 52.5 Å². The standard InChI is InChI=1S/C17H28N2/c1-5-19-9-7-13(12-19)11-18-15-16(2,3)14-6-8-17(15,4)10-14/h7,9,12,14-15,18H,5-6,8,10-11H2,1-4H3. The van der Waals surface area contributed by atoms with Crippen LogP contribution in [0.5, 0.6) is 0 Å². The van der Waals surface area contributed by atoms with Crippen LogP contribution in [-0.2, 0) is 13.1 Å². The number of hydrogen-bond donors (Lipinski definition) is 1. The summed E-state index contributed by atoms with van der Waals surface area (Å²) in [6, 6.07) is 2.92. The van der Waals surface area contributed by atoms with Crippen LogP contribution in [0.25, 0.3) is 0 Å². The van der Waals surface area contributed by atoms with Gasteiger partial charge in [-0.05, 0) is 54.6 Å². The zero-order valence-electron chi connectivity index (χ0n) is 12.9. The number of fused-ring (bicyclic) bond motifs is 2. The molecule has 1 aromatic rings. The highest BCUT2D eigenvalue weighted by molar-refractivity contribution is 5.15. The van der Waals surface area contributed by atoms with Crippen molar-refractivity contribution in [2.45, 2.75) is 66.1 Å². The number of hydrogen-bond acceptors (Lipinski definition) is 1. The van der Waals surface area contributed by atoms with Gasteiger partial charge in [0.1, 0.15) is 0 Å². The van der Waals surface area contributed by atoms with Crippen LogP contribution in [0.2, 0.25) is 0 Å². The molecule has 2 bridgehead atoms. The Morgan fingerprint density at radius 1 is 1.37 bits per heavy atom. The molecule has 2 aliphatic carbocycles. The molecule has 0 aromatic carbocycles. The maximum atomic E-state index is 3.88. The van der Waals surface area contributed by atoms with Crippen molar-refractivity contribution in [1.82, 2.24) is 9.88 Å². The molecule has 1 heterocycles. The lowest BCUT2D eigenvalue weighted by atomic mass is 9.68. The van der Waals surface area contributed by atoms with E-state index >= 15 is 0 Å². The van der Waals surface area contributed by atoms with Gasteiger partial charge in [-0.15, -0.1) is 0 Å². The molecule has 3 rings (SSSR count). The molecule has 3 atom stereocenters. The first-order chi connectivity index (χ1) is 8.95. The van der Waals surface area contributed by atoms with Gasteiger partial charge in [-0.25, -0.2) is 0 Å². The summed E-state index contributed by atoms with van der Waals surface area (Å²) in [6.45, 7) is 11.7. The molecule has 2 fully saturated rings. The summed E-state index contributed by atoms with van der Waals surface area (Å²) in [7, 11) is 0. The fourth-order valence-electron chi connectivity index (χ4n) is 4.82. The fourth-order valence-corrected chi connectivity index (χ4v) is 4.82. The van der Waals surface area contributed by atoms with E-state index in [1.807, 2.05) is 0 Å². The fraction of sp³-hybridized carbons (Fsp3) is 0.765. The molecule has 0 saturated heterocycles. The number of nitrogens with one attached hydrogen (secondary N) is 1. The van der Waals surface area contributed by atoms with Crippen LogP contribution in [0.15, 0.2) is 18.5 Å². The smallest absolute Gasteiger partial charge is 0.0223 e. The van der Waals surface area contributed by atoms with E-state index in [0.717, 1.165) is 19.0 Å². The molecule has 2 aliphatic rings. The van der Waals surface area contributed by atoms with Crippen molar-refractivity contribution >= 4 is 0 Å². The highest BCUT2D eigenvalue weighted by atomic mass is 15.0. The third-order valence-electron chi connectivity index (χ3n) is 5.96. The predicted octanol–water partition coefficient (Wildman–Crippen LogP) is 3.81. The maximum absolute atomic E-state index is 3.88. The number of aryl methyl sites for hydroxylation is 1. The first-order valence-corrected chi connectivity index (χ1v) is 7.84. The van der Waals surface area contributed by atoms with Gasteiger partial charge in [0.15, 0.2) is 0 Å². The molecule has 0 spiro atoms. The summed E-state index contributed by atoms with van der Waals surface area (Å²) < 4.78 is 2.25. The average Bonchev–Trinajstić information content (AvgIpc) is 2.99. The lowest BCUT2D eigenvalue weighted by Crippen LogP contribution is -2.49. The quantitative estimate of drug-likeness (QED) is 0.871. The molecule has 0 amide bonds. The van der Waals surface area contributed by atoms with E-state index in [2.05, 4.69) is 56.0 Å². The monoisotopic (exact) mass is 260 g/mol. The van der Waals surface area contributed by atoms with Gasteiger partial charge in [0.2, 0.25) is 0 Å². The minimum atomic E-state index is 0.459. The SMILES string of the molecule is CCn1ccc(CNC2C3(C)CCC(C3)C2(C)C)c1. The maximum Gasteiger partial charge on any atom is 0.0223 e. The molecule has 3 unspecified atom stereocenters. The van der Waals surface area contributed by atoms with Crippen molar-refractivity contribution in [3.63, 3.8) is 0 Å². The zero-order chi connectivity index (χ0) is 13.7. The Balaban J connectivity index is 1.69. The van der Waals surface area contributed by atoms with E-state index in [9.17, 15) is 0 Å². The normalized spacial score (nSPS) is 36.0. The van der Waals surface area contributed by atoms with E-state index in [-0.39, 0.29) is 0 Å². The van der Waals surface area contributed by atoms with E-state index in [4.69, 9.17) is 0 Å². The summed E-state index contributed by atoms with van der Waals surface area (Å²) in [4.78, 5) is 0. The highest BCUT2D eigenvalue weighted by Crippen LogP contribution is 2.62. The Morgan fingerprint density at radius 3 is 2.74 bits per heavy atom. The van der Waals surface area contributed by atoms with E-state index in [1.54, 1.807) is 0 Å². The van der Waals surface area contributed by atoms with Gasteiger partial charge in [-0.1, -0.05) is 20.8 Å².